The van der Waals surface area contributed by atoms with Crippen molar-refractivity contribution in [3.63, 3.8) is 0 Å². The van der Waals surface area contributed by atoms with Gasteiger partial charge in [-0.3, -0.25) is 14.5 Å². The SMILES string of the molecule is CCOC(=O)N(c1ccccc1)C1c2sccc2CC(C(=O)OC)C1C(=O)OC. The highest BCUT2D eigenvalue weighted by molar-refractivity contribution is 7.10. The predicted molar refractivity (Wildman–Crippen MR) is 108 cm³/mol. The highest BCUT2D eigenvalue weighted by atomic mass is 32.1. The van der Waals surface area contributed by atoms with Crippen molar-refractivity contribution in [1.29, 1.82) is 0 Å². The van der Waals surface area contributed by atoms with E-state index in [0.717, 1.165) is 10.4 Å². The molecule has 1 aromatic carbocycles. The third kappa shape index (κ3) is 3.98. The molecule has 0 aliphatic heterocycles. The molecule has 1 aliphatic carbocycles. The maximum atomic E-state index is 13.0. The predicted octanol–water partition coefficient (Wildman–Crippen LogP) is 3.59. The standard InChI is InChI=1S/C21H23NO6S/c1-4-28-21(25)22(14-8-6-5-7-9-14)17-16(20(24)27-3)15(19(23)26-2)12-13-10-11-29-18(13)17/h5-11,15-17H,4,12H2,1-3H3. The molecule has 3 unspecified atom stereocenters. The van der Waals surface area contributed by atoms with Crippen LogP contribution < -0.4 is 4.90 Å². The molecule has 0 saturated carbocycles. The summed E-state index contributed by atoms with van der Waals surface area (Å²) >= 11 is 1.44. The Balaban J connectivity index is 2.20. The Bertz CT molecular complexity index is 880. The van der Waals surface area contributed by atoms with Crippen LogP contribution in [0.3, 0.4) is 0 Å². The first-order valence-corrected chi connectivity index (χ1v) is 10.1. The van der Waals surface area contributed by atoms with E-state index in [9.17, 15) is 14.4 Å². The molecule has 0 N–H and O–H groups in total. The average Bonchev–Trinajstić information content (AvgIpc) is 3.22. The number of nitrogens with zero attached hydrogens (tertiary/aromatic N) is 1. The van der Waals surface area contributed by atoms with Crippen LogP contribution in [0.25, 0.3) is 0 Å². The smallest absolute Gasteiger partial charge is 0.414 e. The van der Waals surface area contributed by atoms with Crippen molar-refractivity contribution in [2.45, 2.75) is 19.4 Å². The maximum absolute atomic E-state index is 13.0. The minimum absolute atomic E-state index is 0.176. The summed E-state index contributed by atoms with van der Waals surface area (Å²) in [5, 5.41) is 1.89. The molecule has 1 aromatic heterocycles. The molecular weight excluding hydrogens is 394 g/mol. The van der Waals surface area contributed by atoms with Crippen LogP contribution in [-0.2, 0) is 30.2 Å². The van der Waals surface area contributed by atoms with Gasteiger partial charge in [-0.15, -0.1) is 11.3 Å². The lowest BCUT2D eigenvalue weighted by atomic mass is 9.75. The van der Waals surface area contributed by atoms with Gasteiger partial charge in [0.1, 0.15) is 0 Å². The van der Waals surface area contributed by atoms with Crippen LogP contribution in [0.1, 0.15) is 23.4 Å². The summed E-state index contributed by atoms with van der Waals surface area (Å²) in [5.74, 6) is -2.79. The van der Waals surface area contributed by atoms with Gasteiger partial charge in [-0.25, -0.2) is 4.79 Å². The van der Waals surface area contributed by atoms with Crippen LogP contribution >= 0.6 is 11.3 Å². The van der Waals surface area contributed by atoms with E-state index >= 15 is 0 Å². The van der Waals surface area contributed by atoms with Gasteiger partial charge >= 0.3 is 18.0 Å². The van der Waals surface area contributed by atoms with Crippen LogP contribution in [0.2, 0.25) is 0 Å². The zero-order valence-corrected chi connectivity index (χ0v) is 17.3. The Labute approximate surface area is 173 Å². The van der Waals surface area contributed by atoms with Gasteiger partial charge in [0.25, 0.3) is 0 Å². The minimum atomic E-state index is -0.928. The van der Waals surface area contributed by atoms with Gasteiger partial charge in [0, 0.05) is 10.6 Å². The van der Waals surface area contributed by atoms with Crippen LogP contribution in [0.15, 0.2) is 41.8 Å². The normalized spacial score (nSPS) is 20.3. The summed E-state index contributed by atoms with van der Waals surface area (Å²) < 4.78 is 15.3. The summed E-state index contributed by atoms with van der Waals surface area (Å²) in [6.07, 6.45) is -0.254. The molecule has 2 aromatic rings. The Kier molecular flexibility index (Phi) is 6.53. The molecule has 29 heavy (non-hydrogen) atoms. The maximum Gasteiger partial charge on any atom is 0.414 e. The van der Waals surface area contributed by atoms with E-state index in [-0.39, 0.29) is 6.61 Å². The van der Waals surface area contributed by atoms with Gasteiger partial charge in [-0.1, -0.05) is 18.2 Å². The zero-order valence-electron chi connectivity index (χ0n) is 16.5. The van der Waals surface area contributed by atoms with Crippen LogP contribution in [0, 0.1) is 11.8 Å². The lowest BCUT2D eigenvalue weighted by molar-refractivity contribution is -0.159. The van der Waals surface area contributed by atoms with Gasteiger partial charge in [-0.2, -0.15) is 0 Å². The topological polar surface area (TPSA) is 82.1 Å². The number of rotatable bonds is 5. The molecule has 0 spiro atoms. The van der Waals surface area contributed by atoms with Gasteiger partial charge in [0.15, 0.2) is 0 Å². The van der Waals surface area contributed by atoms with E-state index in [2.05, 4.69) is 0 Å². The number of hydrogen-bond acceptors (Lipinski definition) is 7. The van der Waals surface area contributed by atoms with E-state index in [0.29, 0.717) is 12.1 Å². The zero-order chi connectivity index (χ0) is 21.0. The van der Waals surface area contributed by atoms with Crippen molar-refractivity contribution in [2.24, 2.45) is 11.8 Å². The summed E-state index contributed by atoms with van der Waals surface area (Å²) in [6, 6.07) is 10.1. The number of esters is 2. The molecule has 1 aliphatic rings. The molecule has 3 rings (SSSR count). The summed E-state index contributed by atoms with van der Waals surface area (Å²) in [4.78, 5) is 40.7. The number of thiophene rings is 1. The molecule has 8 heteroatoms. The molecule has 0 radical (unpaired) electrons. The lowest BCUT2D eigenvalue weighted by Gasteiger charge is -2.40. The Hall–Kier alpha value is -2.87. The number of para-hydroxylation sites is 1. The number of benzene rings is 1. The highest BCUT2D eigenvalue weighted by Gasteiger charge is 2.50. The molecular formula is C21H23NO6S. The van der Waals surface area contributed by atoms with E-state index in [1.807, 2.05) is 17.5 Å². The summed E-state index contributed by atoms with van der Waals surface area (Å²) in [7, 11) is 2.56. The molecule has 0 bridgehead atoms. The summed E-state index contributed by atoms with van der Waals surface area (Å²) in [5.41, 5.74) is 1.47. The first-order chi connectivity index (χ1) is 14.0. The number of carbonyl (C=O) groups is 3. The average molecular weight is 417 g/mol. The number of carbonyl (C=O) groups excluding carboxylic acids is 3. The molecule has 0 saturated heterocycles. The van der Waals surface area contributed by atoms with Crippen LogP contribution in [0.5, 0.6) is 0 Å². The van der Waals surface area contributed by atoms with E-state index in [1.165, 1.54) is 30.5 Å². The van der Waals surface area contributed by atoms with E-state index in [4.69, 9.17) is 14.2 Å². The number of fused-ring (bicyclic) bond motifs is 1. The number of anilines is 1. The molecule has 1 heterocycles. The van der Waals surface area contributed by atoms with Gasteiger partial charge in [0.05, 0.1) is 38.7 Å². The van der Waals surface area contributed by atoms with Gasteiger partial charge < -0.3 is 14.2 Å². The van der Waals surface area contributed by atoms with E-state index < -0.39 is 35.9 Å². The molecule has 7 nitrogen and oxygen atoms in total. The van der Waals surface area contributed by atoms with Crippen LogP contribution in [-0.4, -0.2) is 38.9 Å². The third-order valence-electron chi connectivity index (χ3n) is 5.02. The fraction of sp³-hybridized carbons (Fsp3) is 0.381. The quantitative estimate of drug-likeness (QED) is 0.546. The van der Waals surface area contributed by atoms with Gasteiger partial charge in [0.2, 0.25) is 0 Å². The van der Waals surface area contributed by atoms with Crippen molar-refractivity contribution in [3.8, 4) is 0 Å². The minimum Gasteiger partial charge on any atom is -0.469 e. The van der Waals surface area contributed by atoms with Crippen molar-refractivity contribution >= 4 is 35.1 Å². The number of amides is 1. The van der Waals surface area contributed by atoms with Crippen LogP contribution in [0.4, 0.5) is 10.5 Å². The first kappa shape index (κ1) is 20.9. The largest absolute Gasteiger partial charge is 0.469 e. The lowest BCUT2D eigenvalue weighted by Crippen LogP contribution is -2.49. The highest BCUT2D eigenvalue weighted by Crippen LogP contribution is 2.47. The second-order valence-electron chi connectivity index (χ2n) is 6.54. The van der Waals surface area contributed by atoms with Crippen molar-refractivity contribution in [1.82, 2.24) is 0 Å². The fourth-order valence-corrected chi connectivity index (χ4v) is 4.85. The molecule has 154 valence electrons. The van der Waals surface area contributed by atoms with Crippen molar-refractivity contribution in [3.05, 3.63) is 52.2 Å². The molecule has 3 atom stereocenters. The third-order valence-corrected chi connectivity index (χ3v) is 6.05. The summed E-state index contributed by atoms with van der Waals surface area (Å²) in [6.45, 7) is 1.89. The van der Waals surface area contributed by atoms with Crippen molar-refractivity contribution < 1.29 is 28.6 Å². The molecule has 0 fully saturated rings. The second-order valence-corrected chi connectivity index (χ2v) is 7.49. The number of ether oxygens (including phenoxy) is 3. The van der Waals surface area contributed by atoms with E-state index in [1.54, 1.807) is 31.2 Å². The number of methoxy groups -OCH3 is 2. The Morgan fingerprint density at radius 2 is 1.76 bits per heavy atom. The fourth-order valence-electron chi connectivity index (χ4n) is 3.77. The Morgan fingerprint density at radius 1 is 1.07 bits per heavy atom. The second kappa shape index (κ2) is 9.09. The Morgan fingerprint density at radius 3 is 2.38 bits per heavy atom. The van der Waals surface area contributed by atoms with Gasteiger partial charge in [-0.05, 0) is 42.5 Å². The first-order valence-electron chi connectivity index (χ1n) is 9.26. The molecule has 1 amide bonds. The van der Waals surface area contributed by atoms with Crippen molar-refractivity contribution in [2.75, 3.05) is 25.7 Å². The number of hydrogen-bond donors (Lipinski definition) is 0. The monoisotopic (exact) mass is 417 g/mol.